The summed E-state index contributed by atoms with van der Waals surface area (Å²) in [5.74, 6) is 1.10. The molecule has 39 heavy (non-hydrogen) atoms. The van der Waals surface area contributed by atoms with E-state index in [2.05, 4.69) is 20.0 Å². The molecule has 11 nitrogen and oxygen atoms in total. The fourth-order valence-corrected chi connectivity index (χ4v) is 5.75. The van der Waals surface area contributed by atoms with E-state index in [0.717, 1.165) is 43.7 Å². The molecule has 2 aromatic rings. The Morgan fingerprint density at radius 2 is 1.87 bits per heavy atom. The summed E-state index contributed by atoms with van der Waals surface area (Å²) in [6.45, 7) is 9.93. The van der Waals surface area contributed by atoms with Crippen LogP contribution in [-0.2, 0) is 14.2 Å². The van der Waals surface area contributed by atoms with Crippen LogP contribution in [-0.4, -0.2) is 103 Å². The molecule has 2 bridgehead atoms. The molecule has 3 saturated heterocycles. The molecule has 0 saturated carbocycles. The summed E-state index contributed by atoms with van der Waals surface area (Å²) in [6.07, 6.45) is 1.92. The molecular formula is C28H40N6O5. The minimum atomic E-state index is -0.511. The first-order chi connectivity index (χ1) is 18.7. The number of hydrogen-bond donors (Lipinski definition) is 1. The molecule has 1 aromatic carbocycles. The van der Waals surface area contributed by atoms with E-state index in [9.17, 15) is 4.79 Å². The number of aromatic nitrogens is 2. The zero-order valence-electron chi connectivity index (χ0n) is 23.3. The van der Waals surface area contributed by atoms with Gasteiger partial charge in [-0.05, 0) is 51.8 Å². The van der Waals surface area contributed by atoms with E-state index in [1.54, 1.807) is 12.0 Å². The zero-order chi connectivity index (χ0) is 27.6. The minimum absolute atomic E-state index is 0.0382. The van der Waals surface area contributed by atoms with E-state index in [1.807, 2.05) is 51.1 Å². The van der Waals surface area contributed by atoms with Crippen molar-refractivity contribution >= 4 is 17.6 Å². The lowest BCUT2D eigenvalue weighted by atomic mass is 10.1. The molecule has 3 aliphatic rings. The van der Waals surface area contributed by atoms with Crippen molar-refractivity contribution in [3.05, 3.63) is 30.3 Å². The molecule has 0 radical (unpaired) electrons. The van der Waals surface area contributed by atoms with Crippen molar-refractivity contribution in [1.29, 1.82) is 0 Å². The highest BCUT2D eigenvalue weighted by molar-refractivity contribution is 5.74. The number of nitrogens with zero attached hydrogens (tertiary/aromatic N) is 5. The van der Waals surface area contributed by atoms with Gasteiger partial charge in [0.1, 0.15) is 11.4 Å². The van der Waals surface area contributed by atoms with Crippen LogP contribution >= 0.6 is 0 Å². The second-order valence-electron chi connectivity index (χ2n) is 11.5. The largest absolute Gasteiger partial charge is 0.467 e. The van der Waals surface area contributed by atoms with Crippen LogP contribution in [0.1, 0.15) is 33.6 Å². The molecule has 4 heterocycles. The van der Waals surface area contributed by atoms with E-state index in [1.165, 1.54) is 0 Å². The predicted molar refractivity (Wildman–Crippen MR) is 148 cm³/mol. The summed E-state index contributed by atoms with van der Waals surface area (Å²) >= 11 is 0. The van der Waals surface area contributed by atoms with Crippen molar-refractivity contribution in [3.8, 4) is 17.0 Å². The number of rotatable bonds is 7. The first kappa shape index (κ1) is 27.4. The number of nitrogen functional groups attached to an aromatic ring is 1. The summed E-state index contributed by atoms with van der Waals surface area (Å²) in [5.41, 5.74) is 8.28. The topological polar surface area (TPSA) is 116 Å². The summed E-state index contributed by atoms with van der Waals surface area (Å²) in [4.78, 5) is 19.3. The fraction of sp³-hybridized carbons (Fsp3) is 0.607. The maximum absolute atomic E-state index is 12.6. The molecular weight excluding hydrogens is 500 g/mol. The minimum Gasteiger partial charge on any atom is -0.467 e. The van der Waals surface area contributed by atoms with Crippen molar-refractivity contribution in [3.63, 3.8) is 0 Å². The van der Waals surface area contributed by atoms with Crippen molar-refractivity contribution in [2.24, 2.45) is 0 Å². The number of hydrogen-bond acceptors (Lipinski definition) is 10. The van der Waals surface area contributed by atoms with Gasteiger partial charge < -0.3 is 34.5 Å². The Hall–Kier alpha value is -3.15. The second kappa shape index (κ2) is 11.5. The highest BCUT2D eigenvalue weighted by atomic mass is 16.7. The monoisotopic (exact) mass is 540 g/mol. The van der Waals surface area contributed by atoms with Gasteiger partial charge in [0, 0.05) is 50.9 Å². The summed E-state index contributed by atoms with van der Waals surface area (Å²) in [7, 11) is 1.59. The van der Waals surface area contributed by atoms with Crippen LogP contribution in [0.25, 0.3) is 11.3 Å². The molecule has 5 rings (SSSR count). The molecule has 1 amide bonds. The maximum atomic E-state index is 12.6. The Balaban J connectivity index is 1.26. The number of carbonyl (C=O) groups excluding carboxylic acids is 1. The predicted octanol–water partition coefficient (Wildman–Crippen LogP) is 3.00. The van der Waals surface area contributed by atoms with Crippen LogP contribution in [0.3, 0.4) is 0 Å². The number of nitrogens with two attached hydrogens (primary N) is 1. The van der Waals surface area contributed by atoms with Crippen LogP contribution in [0.15, 0.2) is 30.3 Å². The Morgan fingerprint density at radius 3 is 2.59 bits per heavy atom. The molecule has 2 N–H and O–H groups in total. The standard InChI is InChI=1S/C28H40N6O5/c1-28(2,3)39-27(35)32-11-12-37-21(16-32)17-34-19-9-10-20(34)15-33(14-19)24-13-23(30-31-26(24)29)22-7-5-6-8-25(22)38-18-36-4/h5-8,13,19-21H,9-12,14-18H2,1-4H3,(H2,29,31)/t19?,20?,21-/m0/s1. The van der Waals surface area contributed by atoms with E-state index < -0.39 is 5.60 Å². The number of methoxy groups -OCH3 is 1. The zero-order valence-corrected chi connectivity index (χ0v) is 23.3. The van der Waals surface area contributed by atoms with Gasteiger partial charge in [-0.1, -0.05) is 12.1 Å². The number of ether oxygens (including phenoxy) is 4. The molecule has 2 unspecified atom stereocenters. The third-order valence-corrected chi connectivity index (χ3v) is 7.48. The number of fused-ring (bicyclic) bond motifs is 2. The quantitative estimate of drug-likeness (QED) is 0.526. The van der Waals surface area contributed by atoms with Gasteiger partial charge in [0.15, 0.2) is 12.6 Å². The molecule has 1 aromatic heterocycles. The SMILES string of the molecule is COCOc1ccccc1-c1cc(N2CC3CCC(C2)N3C[C@@H]2CN(C(=O)OC(C)(C)C)CCO2)c(N)nn1. The Labute approximate surface area is 230 Å². The maximum Gasteiger partial charge on any atom is 0.410 e. The molecule has 0 spiro atoms. The van der Waals surface area contributed by atoms with Crippen LogP contribution < -0.4 is 15.4 Å². The number of anilines is 2. The first-order valence-electron chi connectivity index (χ1n) is 13.7. The van der Waals surface area contributed by atoms with Gasteiger partial charge >= 0.3 is 6.09 Å². The van der Waals surface area contributed by atoms with Crippen molar-refractivity contribution < 1.29 is 23.7 Å². The third kappa shape index (κ3) is 6.37. The third-order valence-electron chi connectivity index (χ3n) is 7.48. The number of para-hydroxylation sites is 1. The van der Waals surface area contributed by atoms with E-state index in [4.69, 9.17) is 24.7 Å². The molecule has 3 fully saturated rings. The Morgan fingerprint density at radius 1 is 1.13 bits per heavy atom. The molecule has 212 valence electrons. The smallest absolute Gasteiger partial charge is 0.410 e. The van der Waals surface area contributed by atoms with Crippen LogP contribution in [0.2, 0.25) is 0 Å². The van der Waals surface area contributed by atoms with Crippen molar-refractivity contribution in [2.75, 3.05) is 63.9 Å². The molecule has 3 atom stereocenters. The number of carbonyl (C=O) groups is 1. The summed E-state index contributed by atoms with van der Waals surface area (Å²) < 4.78 is 22.5. The van der Waals surface area contributed by atoms with E-state index in [0.29, 0.717) is 49.0 Å². The first-order valence-corrected chi connectivity index (χ1v) is 13.7. The Kier molecular flexibility index (Phi) is 8.11. The lowest BCUT2D eigenvalue weighted by Gasteiger charge is -2.44. The number of amides is 1. The van der Waals surface area contributed by atoms with Gasteiger partial charge in [-0.15, -0.1) is 10.2 Å². The van der Waals surface area contributed by atoms with E-state index >= 15 is 0 Å². The van der Waals surface area contributed by atoms with E-state index in [-0.39, 0.29) is 19.0 Å². The van der Waals surface area contributed by atoms with Crippen LogP contribution in [0.5, 0.6) is 5.75 Å². The number of piperazine rings is 1. The average molecular weight is 541 g/mol. The van der Waals surface area contributed by atoms with Gasteiger partial charge in [-0.3, -0.25) is 4.90 Å². The van der Waals surface area contributed by atoms with Gasteiger partial charge in [-0.2, -0.15) is 0 Å². The number of morpholine rings is 1. The summed E-state index contributed by atoms with van der Waals surface area (Å²) in [5, 5.41) is 8.67. The van der Waals surface area contributed by atoms with Crippen molar-refractivity contribution in [2.45, 2.75) is 57.4 Å². The lowest BCUT2D eigenvalue weighted by molar-refractivity contribution is -0.0579. The Bertz CT molecular complexity index is 1140. The van der Waals surface area contributed by atoms with Gasteiger partial charge in [0.05, 0.1) is 30.6 Å². The highest BCUT2D eigenvalue weighted by Crippen LogP contribution is 2.37. The van der Waals surface area contributed by atoms with Gasteiger partial charge in [0.2, 0.25) is 0 Å². The fourth-order valence-electron chi connectivity index (χ4n) is 5.75. The summed E-state index contributed by atoms with van der Waals surface area (Å²) in [6, 6.07) is 10.5. The van der Waals surface area contributed by atoms with Gasteiger partial charge in [0.25, 0.3) is 0 Å². The van der Waals surface area contributed by atoms with Gasteiger partial charge in [-0.25, -0.2) is 4.79 Å². The van der Waals surface area contributed by atoms with Crippen LogP contribution in [0.4, 0.5) is 16.3 Å². The molecule has 11 heteroatoms. The average Bonchev–Trinajstić information content (AvgIpc) is 3.13. The van der Waals surface area contributed by atoms with Crippen molar-refractivity contribution in [1.82, 2.24) is 20.0 Å². The number of benzene rings is 1. The lowest BCUT2D eigenvalue weighted by Crippen LogP contribution is -2.58. The van der Waals surface area contributed by atoms with Crippen LogP contribution in [0, 0.1) is 0 Å². The molecule has 3 aliphatic heterocycles. The molecule has 0 aliphatic carbocycles. The normalized spacial score (nSPS) is 23.6. The highest BCUT2D eigenvalue weighted by Gasteiger charge is 2.42. The second-order valence-corrected chi connectivity index (χ2v) is 11.5.